The number of allylic oxidation sites excluding steroid dienone is 3. The second-order valence-corrected chi connectivity index (χ2v) is 8.53. The quantitative estimate of drug-likeness (QED) is 0.850. The van der Waals surface area contributed by atoms with Crippen LogP contribution in [0.3, 0.4) is 0 Å². The van der Waals surface area contributed by atoms with Gasteiger partial charge in [0.05, 0.1) is 5.92 Å². The van der Waals surface area contributed by atoms with E-state index < -0.39 is 5.92 Å². The summed E-state index contributed by atoms with van der Waals surface area (Å²) in [5.74, 6) is 0.433. The van der Waals surface area contributed by atoms with Crippen molar-refractivity contribution in [2.24, 2.45) is 11.1 Å². The van der Waals surface area contributed by atoms with E-state index >= 15 is 0 Å². The third-order valence-electron chi connectivity index (χ3n) is 4.47. The Bertz CT molecular complexity index is 805. The molecule has 1 aromatic rings. The maximum absolute atomic E-state index is 12.8. The van der Waals surface area contributed by atoms with Crippen molar-refractivity contribution in [1.29, 1.82) is 5.26 Å². The van der Waals surface area contributed by atoms with Crippen LogP contribution < -0.4 is 5.73 Å². The van der Waals surface area contributed by atoms with Gasteiger partial charge in [-0.2, -0.15) is 5.26 Å². The zero-order valence-electron chi connectivity index (χ0n) is 13.8. The Hall–Kier alpha value is -2.06. The van der Waals surface area contributed by atoms with Crippen LogP contribution in [-0.4, -0.2) is 5.78 Å². The van der Waals surface area contributed by atoms with Gasteiger partial charge < -0.3 is 10.5 Å². The van der Waals surface area contributed by atoms with Gasteiger partial charge in [-0.3, -0.25) is 4.79 Å². The normalized spacial score (nSPS) is 23.4. The minimum Gasteiger partial charge on any atom is -0.444 e. The van der Waals surface area contributed by atoms with Gasteiger partial charge in [-0.1, -0.05) is 13.8 Å². The van der Waals surface area contributed by atoms with E-state index in [1.54, 1.807) is 11.3 Å². The topological polar surface area (TPSA) is 76.1 Å². The van der Waals surface area contributed by atoms with Gasteiger partial charge in [-0.05, 0) is 30.9 Å². The predicted octanol–water partition coefficient (Wildman–Crippen LogP) is 3.82. The number of carbonyl (C=O) groups is 1. The Morgan fingerprint density at radius 2 is 2.09 bits per heavy atom. The number of ketones is 1. The molecule has 3 rings (SSSR count). The summed E-state index contributed by atoms with van der Waals surface area (Å²) in [4.78, 5) is 15.1. The van der Waals surface area contributed by atoms with Crippen molar-refractivity contribution in [1.82, 2.24) is 0 Å². The molecule has 2 heterocycles. The first-order chi connectivity index (χ1) is 10.7. The minimum absolute atomic E-state index is 0.0600. The Morgan fingerprint density at radius 1 is 1.39 bits per heavy atom. The highest BCUT2D eigenvalue weighted by atomic mass is 32.1. The van der Waals surface area contributed by atoms with E-state index in [2.05, 4.69) is 12.1 Å². The number of rotatable bonds is 1. The van der Waals surface area contributed by atoms with Crippen molar-refractivity contribution in [2.75, 3.05) is 0 Å². The van der Waals surface area contributed by atoms with Crippen molar-refractivity contribution in [2.45, 2.75) is 46.5 Å². The molecular formula is C18H20N2O2S. The monoisotopic (exact) mass is 328 g/mol. The molecule has 23 heavy (non-hydrogen) atoms. The van der Waals surface area contributed by atoms with Crippen molar-refractivity contribution >= 4 is 17.1 Å². The fraction of sp³-hybridized carbons (Fsp3) is 0.444. The Labute approximate surface area is 140 Å². The van der Waals surface area contributed by atoms with Gasteiger partial charge in [0.25, 0.3) is 0 Å². The minimum atomic E-state index is -0.391. The molecule has 120 valence electrons. The molecule has 0 saturated heterocycles. The van der Waals surface area contributed by atoms with Crippen LogP contribution in [0.1, 0.15) is 47.9 Å². The molecule has 2 aliphatic rings. The molecule has 1 atom stereocenters. The summed E-state index contributed by atoms with van der Waals surface area (Å²) in [6.45, 7) is 8.14. The molecule has 2 N–H and O–H groups in total. The second kappa shape index (κ2) is 5.24. The summed E-state index contributed by atoms with van der Waals surface area (Å²) in [5, 5.41) is 9.57. The number of carbonyl (C=O) groups excluding carboxylic acids is 1. The number of ether oxygens (including phenoxy) is 1. The highest BCUT2D eigenvalue weighted by Gasteiger charge is 2.43. The molecule has 4 nitrogen and oxygen atoms in total. The number of nitrogens with two attached hydrogens (primary N) is 1. The Morgan fingerprint density at radius 3 is 2.65 bits per heavy atom. The van der Waals surface area contributed by atoms with Gasteiger partial charge in [0.1, 0.15) is 17.4 Å². The number of nitrogens with zero attached hydrogens (tertiary/aromatic N) is 1. The summed E-state index contributed by atoms with van der Waals surface area (Å²) < 4.78 is 5.70. The van der Waals surface area contributed by atoms with E-state index in [0.717, 1.165) is 15.3 Å². The van der Waals surface area contributed by atoms with Crippen LogP contribution >= 0.6 is 11.3 Å². The molecule has 0 unspecified atom stereocenters. The van der Waals surface area contributed by atoms with Crippen molar-refractivity contribution in [3.05, 3.63) is 44.2 Å². The lowest BCUT2D eigenvalue weighted by atomic mass is 9.70. The maximum Gasteiger partial charge on any atom is 0.205 e. The fourth-order valence-electron chi connectivity index (χ4n) is 3.53. The Balaban J connectivity index is 2.22. The van der Waals surface area contributed by atoms with E-state index in [9.17, 15) is 10.1 Å². The molecule has 0 bridgehead atoms. The van der Waals surface area contributed by atoms with E-state index in [-0.39, 0.29) is 17.1 Å². The highest BCUT2D eigenvalue weighted by Crippen LogP contribution is 2.49. The Kier molecular flexibility index (Phi) is 3.61. The smallest absolute Gasteiger partial charge is 0.205 e. The first-order valence-corrected chi connectivity index (χ1v) is 8.46. The average molecular weight is 328 g/mol. The van der Waals surface area contributed by atoms with Crippen LogP contribution in [0.4, 0.5) is 0 Å². The molecule has 0 aromatic carbocycles. The van der Waals surface area contributed by atoms with Gasteiger partial charge in [0, 0.05) is 28.2 Å². The zero-order valence-corrected chi connectivity index (χ0v) is 14.6. The summed E-state index contributed by atoms with van der Waals surface area (Å²) in [7, 11) is 0. The van der Waals surface area contributed by atoms with E-state index in [1.165, 1.54) is 0 Å². The predicted molar refractivity (Wildman–Crippen MR) is 89.5 cm³/mol. The van der Waals surface area contributed by atoms with Crippen LogP contribution in [0.15, 0.2) is 28.9 Å². The van der Waals surface area contributed by atoms with E-state index in [0.29, 0.717) is 29.7 Å². The fourth-order valence-corrected chi connectivity index (χ4v) is 4.50. The lowest BCUT2D eigenvalue weighted by Gasteiger charge is -2.37. The van der Waals surface area contributed by atoms with Crippen molar-refractivity contribution < 1.29 is 9.53 Å². The molecule has 0 radical (unpaired) electrons. The van der Waals surface area contributed by atoms with Gasteiger partial charge in [0.15, 0.2) is 5.78 Å². The largest absolute Gasteiger partial charge is 0.444 e. The van der Waals surface area contributed by atoms with Crippen LogP contribution in [0.25, 0.3) is 0 Å². The molecule has 1 aliphatic heterocycles. The number of aryl methyl sites for hydroxylation is 2. The number of Topliss-reactive ketones (excluding diaryl/α,β-unsaturated/α-hetero) is 1. The second-order valence-electron chi connectivity index (χ2n) is 7.07. The average Bonchev–Trinajstić information content (AvgIpc) is 2.74. The number of thiophene rings is 1. The molecule has 1 aromatic heterocycles. The van der Waals surface area contributed by atoms with Crippen molar-refractivity contribution in [3.8, 4) is 6.07 Å². The lowest BCUT2D eigenvalue weighted by Crippen LogP contribution is -2.33. The third kappa shape index (κ3) is 2.57. The summed E-state index contributed by atoms with van der Waals surface area (Å²) in [6, 6.07) is 4.21. The molecule has 0 amide bonds. The highest BCUT2D eigenvalue weighted by molar-refractivity contribution is 7.12. The number of hydrogen-bond donors (Lipinski definition) is 1. The SMILES string of the molecule is Cc1cc([C@H]2C(C#N)=C(N)OC3=C2C(=O)CC(C)(C)C3)c(C)s1. The summed E-state index contributed by atoms with van der Waals surface area (Å²) in [5.41, 5.74) is 7.82. The van der Waals surface area contributed by atoms with Crippen LogP contribution in [-0.2, 0) is 9.53 Å². The summed E-state index contributed by atoms with van der Waals surface area (Å²) >= 11 is 1.67. The standard InChI is InChI=1S/C18H20N2O2S/c1-9-5-11(10(2)23-9)15-12(8-19)17(20)22-14-7-18(3,4)6-13(21)16(14)15/h5,15H,6-7,20H2,1-4H3/t15-/m0/s1. The molecule has 1 aliphatic carbocycles. The first-order valence-electron chi connectivity index (χ1n) is 7.64. The maximum atomic E-state index is 12.8. The van der Waals surface area contributed by atoms with Crippen LogP contribution in [0.2, 0.25) is 0 Å². The number of nitriles is 1. The van der Waals surface area contributed by atoms with Crippen LogP contribution in [0, 0.1) is 30.6 Å². The van der Waals surface area contributed by atoms with E-state index in [4.69, 9.17) is 10.5 Å². The molecule has 5 heteroatoms. The number of hydrogen-bond acceptors (Lipinski definition) is 5. The van der Waals surface area contributed by atoms with Gasteiger partial charge >= 0.3 is 0 Å². The first kappa shape index (κ1) is 15.8. The van der Waals surface area contributed by atoms with Crippen molar-refractivity contribution in [3.63, 3.8) is 0 Å². The van der Waals surface area contributed by atoms with Gasteiger partial charge in [-0.15, -0.1) is 11.3 Å². The third-order valence-corrected chi connectivity index (χ3v) is 5.45. The summed E-state index contributed by atoms with van der Waals surface area (Å²) in [6.07, 6.45) is 1.12. The molecule has 0 fully saturated rings. The van der Waals surface area contributed by atoms with E-state index in [1.807, 2.05) is 27.7 Å². The lowest BCUT2D eigenvalue weighted by molar-refractivity contribution is -0.119. The van der Waals surface area contributed by atoms with Crippen LogP contribution in [0.5, 0.6) is 0 Å². The van der Waals surface area contributed by atoms with Gasteiger partial charge in [0.2, 0.25) is 5.88 Å². The molecular weight excluding hydrogens is 308 g/mol. The van der Waals surface area contributed by atoms with Gasteiger partial charge in [-0.25, -0.2) is 0 Å². The zero-order chi connectivity index (χ0) is 16.9. The molecule has 0 saturated carbocycles. The molecule has 0 spiro atoms.